The maximum absolute atomic E-state index is 12.5. The summed E-state index contributed by atoms with van der Waals surface area (Å²) in [5, 5.41) is 20.0. The molecule has 4 rings (SSSR count). The number of aromatic nitrogens is 2. The third-order valence-corrected chi connectivity index (χ3v) is 7.58. The number of nitrogens with zero attached hydrogens (tertiary/aromatic N) is 2. The van der Waals surface area contributed by atoms with Crippen molar-refractivity contribution in [2.45, 2.75) is 23.7 Å². The molecule has 2 N–H and O–H groups in total. The first-order valence-corrected chi connectivity index (χ1v) is 12.4. The number of rotatable bonds is 9. The van der Waals surface area contributed by atoms with E-state index < -0.39 is 0 Å². The zero-order valence-corrected chi connectivity index (χ0v) is 18.9. The summed E-state index contributed by atoms with van der Waals surface area (Å²) in [7, 11) is 0. The van der Waals surface area contributed by atoms with Gasteiger partial charge in [-0.25, -0.2) is 0 Å². The first kappa shape index (κ1) is 20.8. The maximum atomic E-state index is 12.5. The molecule has 2 aromatic carbocycles. The molecular formula is C22H22N4OS3. The van der Waals surface area contributed by atoms with Gasteiger partial charge in [-0.2, -0.15) is 0 Å². The topological polar surface area (TPSA) is 66.9 Å². The Balaban J connectivity index is 1.26. The van der Waals surface area contributed by atoms with E-state index in [1.807, 2.05) is 25.1 Å². The van der Waals surface area contributed by atoms with E-state index in [4.69, 9.17) is 0 Å². The highest BCUT2D eigenvalue weighted by atomic mass is 32.2. The van der Waals surface area contributed by atoms with Crippen LogP contribution in [-0.2, 0) is 11.2 Å². The summed E-state index contributed by atoms with van der Waals surface area (Å²) >= 11 is 4.66. The fraction of sp³-hybridized carbons (Fsp3) is 0.227. The van der Waals surface area contributed by atoms with E-state index in [1.165, 1.54) is 38.7 Å². The van der Waals surface area contributed by atoms with Crippen molar-refractivity contribution >= 4 is 56.2 Å². The van der Waals surface area contributed by atoms with E-state index in [2.05, 4.69) is 62.6 Å². The lowest BCUT2D eigenvalue weighted by atomic mass is 10.00. The standard InChI is InChI=1S/C22H22N4OS3/c1-15(18-10-4-7-16-6-2-3-9-19(16)18)24-20(27)14-29-22-26-25-21(30-22)23-12-11-17-8-5-13-28-17/h2-10,13,15H,11-12,14H2,1H3,(H,23,25)(H,24,27). The largest absolute Gasteiger partial charge is 0.360 e. The number of fused-ring (bicyclic) bond motifs is 1. The zero-order chi connectivity index (χ0) is 20.8. The number of carbonyl (C=O) groups is 1. The minimum absolute atomic E-state index is 0.0113. The van der Waals surface area contributed by atoms with Crippen LogP contribution in [-0.4, -0.2) is 28.4 Å². The quantitative estimate of drug-likeness (QED) is 0.333. The molecule has 0 saturated heterocycles. The lowest BCUT2D eigenvalue weighted by Crippen LogP contribution is -2.28. The van der Waals surface area contributed by atoms with Crippen LogP contribution in [0.25, 0.3) is 10.8 Å². The first-order chi connectivity index (χ1) is 14.7. The molecule has 1 atom stereocenters. The number of anilines is 1. The number of thiophene rings is 1. The van der Waals surface area contributed by atoms with Gasteiger partial charge in [0.15, 0.2) is 4.34 Å². The summed E-state index contributed by atoms with van der Waals surface area (Å²) in [6, 6.07) is 18.6. The molecule has 1 unspecified atom stereocenters. The summed E-state index contributed by atoms with van der Waals surface area (Å²) in [5.41, 5.74) is 1.12. The van der Waals surface area contributed by atoms with Crippen molar-refractivity contribution in [3.63, 3.8) is 0 Å². The van der Waals surface area contributed by atoms with Crippen LogP contribution in [0.4, 0.5) is 5.13 Å². The van der Waals surface area contributed by atoms with Gasteiger partial charge in [0, 0.05) is 11.4 Å². The van der Waals surface area contributed by atoms with E-state index in [0.29, 0.717) is 5.75 Å². The SMILES string of the molecule is CC(NC(=O)CSc1nnc(NCCc2cccs2)s1)c1cccc2ccccc12. The molecule has 2 heterocycles. The minimum Gasteiger partial charge on any atom is -0.360 e. The van der Waals surface area contributed by atoms with Crippen LogP contribution in [0.2, 0.25) is 0 Å². The van der Waals surface area contributed by atoms with Gasteiger partial charge in [-0.15, -0.1) is 21.5 Å². The normalized spacial score (nSPS) is 12.0. The lowest BCUT2D eigenvalue weighted by Gasteiger charge is -2.16. The number of thioether (sulfide) groups is 1. The second-order valence-corrected chi connectivity index (χ2v) is 10.0. The van der Waals surface area contributed by atoms with E-state index in [0.717, 1.165) is 28.0 Å². The Morgan fingerprint density at radius 2 is 1.97 bits per heavy atom. The minimum atomic E-state index is -0.0619. The molecule has 0 spiro atoms. The molecule has 30 heavy (non-hydrogen) atoms. The van der Waals surface area contributed by atoms with Gasteiger partial charge in [0.2, 0.25) is 11.0 Å². The summed E-state index contributed by atoms with van der Waals surface area (Å²) in [4.78, 5) is 13.8. The van der Waals surface area contributed by atoms with Crippen LogP contribution in [0.5, 0.6) is 0 Å². The molecule has 0 aliphatic heterocycles. The third kappa shape index (κ3) is 5.38. The summed E-state index contributed by atoms with van der Waals surface area (Å²) < 4.78 is 0.793. The molecule has 0 aliphatic rings. The Morgan fingerprint density at radius 3 is 2.83 bits per heavy atom. The second kappa shape index (κ2) is 10.1. The van der Waals surface area contributed by atoms with Crippen LogP contribution in [0.3, 0.4) is 0 Å². The molecule has 0 bridgehead atoms. The summed E-state index contributed by atoms with van der Waals surface area (Å²) in [6.45, 7) is 2.84. The molecule has 8 heteroatoms. The number of hydrogen-bond donors (Lipinski definition) is 2. The van der Waals surface area contributed by atoms with Gasteiger partial charge in [-0.05, 0) is 41.1 Å². The maximum Gasteiger partial charge on any atom is 0.230 e. The second-order valence-electron chi connectivity index (χ2n) is 6.78. The van der Waals surface area contributed by atoms with Gasteiger partial charge < -0.3 is 10.6 Å². The van der Waals surface area contributed by atoms with Gasteiger partial charge in [0.05, 0.1) is 11.8 Å². The van der Waals surface area contributed by atoms with Gasteiger partial charge in [0.1, 0.15) is 0 Å². The third-order valence-electron chi connectivity index (χ3n) is 4.63. The average Bonchev–Trinajstić information content (AvgIpc) is 3.44. The van der Waals surface area contributed by atoms with Gasteiger partial charge >= 0.3 is 0 Å². The molecule has 5 nitrogen and oxygen atoms in total. The molecule has 0 radical (unpaired) electrons. The van der Waals surface area contributed by atoms with Crippen molar-refractivity contribution in [3.8, 4) is 0 Å². The Hall–Kier alpha value is -2.42. The number of hydrogen-bond acceptors (Lipinski definition) is 7. The molecule has 1 amide bonds. The Labute approximate surface area is 187 Å². The van der Waals surface area contributed by atoms with Crippen molar-refractivity contribution in [3.05, 3.63) is 70.4 Å². The molecule has 0 aliphatic carbocycles. The molecule has 0 saturated carbocycles. The number of carbonyl (C=O) groups excluding carboxylic acids is 1. The van der Waals surface area contributed by atoms with Crippen LogP contribution in [0, 0.1) is 0 Å². The summed E-state index contributed by atoms with van der Waals surface area (Å²) in [5.74, 6) is 0.307. The van der Waals surface area contributed by atoms with Crippen molar-refractivity contribution in [1.82, 2.24) is 15.5 Å². The molecular weight excluding hydrogens is 432 g/mol. The van der Waals surface area contributed by atoms with Crippen LogP contribution in [0.1, 0.15) is 23.4 Å². The highest BCUT2D eigenvalue weighted by Crippen LogP contribution is 2.27. The molecule has 4 aromatic rings. The van der Waals surface area contributed by atoms with E-state index >= 15 is 0 Å². The van der Waals surface area contributed by atoms with Gasteiger partial charge in [-0.1, -0.05) is 71.6 Å². The predicted molar refractivity (Wildman–Crippen MR) is 128 cm³/mol. The van der Waals surface area contributed by atoms with Crippen LogP contribution < -0.4 is 10.6 Å². The Bertz CT molecular complexity index is 1110. The summed E-state index contributed by atoms with van der Waals surface area (Å²) in [6.07, 6.45) is 0.966. The smallest absolute Gasteiger partial charge is 0.230 e. The fourth-order valence-electron chi connectivity index (χ4n) is 3.20. The van der Waals surface area contributed by atoms with Gasteiger partial charge in [0.25, 0.3) is 0 Å². The molecule has 2 aromatic heterocycles. The number of nitrogens with one attached hydrogen (secondary N) is 2. The fourth-order valence-corrected chi connectivity index (χ4v) is 5.50. The van der Waals surface area contributed by atoms with E-state index in [9.17, 15) is 4.79 Å². The van der Waals surface area contributed by atoms with Crippen molar-refractivity contribution in [1.29, 1.82) is 0 Å². The zero-order valence-electron chi connectivity index (χ0n) is 16.5. The van der Waals surface area contributed by atoms with E-state index in [-0.39, 0.29) is 11.9 Å². The monoisotopic (exact) mass is 454 g/mol. The van der Waals surface area contributed by atoms with Gasteiger partial charge in [-0.3, -0.25) is 4.79 Å². The molecule has 0 fully saturated rings. The Kier molecular flexibility index (Phi) is 6.99. The van der Waals surface area contributed by atoms with Crippen molar-refractivity contribution in [2.24, 2.45) is 0 Å². The molecule has 154 valence electrons. The van der Waals surface area contributed by atoms with Crippen molar-refractivity contribution < 1.29 is 4.79 Å². The average molecular weight is 455 g/mol. The highest BCUT2D eigenvalue weighted by Gasteiger charge is 2.14. The first-order valence-electron chi connectivity index (χ1n) is 9.68. The highest BCUT2D eigenvalue weighted by molar-refractivity contribution is 8.01. The number of benzene rings is 2. The van der Waals surface area contributed by atoms with E-state index in [1.54, 1.807) is 11.3 Å². The number of amides is 1. The van der Waals surface area contributed by atoms with Crippen LogP contribution >= 0.6 is 34.4 Å². The van der Waals surface area contributed by atoms with Crippen LogP contribution in [0.15, 0.2) is 64.3 Å². The predicted octanol–water partition coefficient (Wildman–Crippen LogP) is 5.38. The van der Waals surface area contributed by atoms with Crippen molar-refractivity contribution in [2.75, 3.05) is 17.6 Å². The Morgan fingerprint density at radius 1 is 1.10 bits per heavy atom. The lowest BCUT2D eigenvalue weighted by molar-refractivity contribution is -0.119.